The monoisotopic (exact) mass is 366 g/mol. The van der Waals surface area contributed by atoms with E-state index < -0.39 is 0 Å². The molecule has 0 aromatic heterocycles. The van der Waals surface area contributed by atoms with Gasteiger partial charge in [-0.25, -0.2) is 0 Å². The van der Waals surface area contributed by atoms with Crippen molar-refractivity contribution in [3.63, 3.8) is 0 Å². The number of quaternary nitrogens is 1. The SMILES string of the molecule is CC(=O)c1ccc(N2CC[NH+](CC(=O)N(C)Cc3ccccc3)CC2)cc1. The molecule has 3 rings (SSSR count). The Balaban J connectivity index is 1.47. The fourth-order valence-electron chi connectivity index (χ4n) is 3.46. The molecule has 0 aliphatic carbocycles. The average molecular weight is 366 g/mol. The van der Waals surface area contributed by atoms with Gasteiger partial charge in [0.05, 0.1) is 26.2 Å². The number of rotatable bonds is 6. The number of nitrogens with zero attached hydrogens (tertiary/aromatic N) is 2. The second-order valence-electron chi connectivity index (χ2n) is 7.25. The molecule has 1 aliphatic rings. The highest BCUT2D eigenvalue weighted by molar-refractivity contribution is 5.94. The first kappa shape index (κ1) is 19.1. The minimum Gasteiger partial charge on any atom is -0.360 e. The summed E-state index contributed by atoms with van der Waals surface area (Å²) < 4.78 is 0. The van der Waals surface area contributed by atoms with Crippen molar-refractivity contribution in [3.05, 3.63) is 65.7 Å². The number of piperazine rings is 1. The molecule has 2 aromatic carbocycles. The van der Waals surface area contributed by atoms with Crippen LogP contribution >= 0.6 is 0 Å². The maximum absolute atomic E-state index is 12.5. The van der Waals surface area contributed by atoms with Crippen molar-refractivity contribution in [2.24, 2.45) is 0 Å². The Morgan fingerprint density at radius 3 is 2.22 bits per heavy atom. The summed E-state index contributed by atoms with van der Waals surface area (Å²) in [5.41, 5.74) is 3.05. The maximum Gasteiger partial charge on any atom is 0.277 e. The normalized spacial score (nSPS) is 14.8. The number of hydrogen-bond acceptors (Lipinski definition) is 3. The van der Waals surface area contributed by atoms with Gasteiger partial charge in [0.15, 0.2) is 12.3 Å². The average Bonchev–Trinajstić information content (AvgIpc) is 2.69. The Morgan fingerprint density at radius 2 is 1.63 bits per heavy atom. The van der Waals surface area contributed by atoms with E-state index in [0.29, 0.717) is 13.1 Å². The van der Waals surface area contributed by atoms with E-state index in [-0.39, 0.29) is 11.7 Å². The van der Waals surface area contributed by atoms with Crippen LogP contribution in [0.2, 0.25) is 0 Å². The van der Waals surface area contributed by atoms with Crippen molar-refractivity contribution in [1.29, 1.82) is 0 Å². The van der Waals surface area contributed by atoms with E-state index in [4.69, 9.17) is 0 Å². The van der Waals surface area contributed by atoms with Crippen molar-refractivity contribution in [2.45, 2.75) is 13.5 Å². The number of nitrogens with one attached hydrogen (secondary N) is 1. The van der Waals surface area contributed by atoms with E-state index in [0.717, 1.165) is 43.0 Å². The predicted octanol–water partition coefficient (Wildman–Crippen LogP) is 1.25. The van der Waals surface area contributed by atoms with Crippen molar-refractivity contribution in [1.82, 2.24) is 4.90 Å². The molecule has 142 valence electrons. The molecule has 0 unspecified atom stereocenters. The molecule has 1 aliphatic heterocycles. The topological polar surface area (TPSA) is 45.1 Å². The quantitative estimate of drug-likeness (QED) is 0.783. The van der Waals surface area contributed by atoms with Gasteiger partial charge < -0.3 is 14.7 Å². The Kier molecular flexibility index (Phi) is 6.24. The summed E-state index contributed by atoms with van der Waals surface area (Å²) in [6.07, 6.45) is 0. The second kappa shape index (κ2) is 8.82. The highest BCUT2D eigenvalue weighted by Crippen LogP contribution is 2.15. The summed E-state index contributed by atoms with van der Waals surface area (Å²) in [6.45, 7) is 6.51. The second-order valence-corrected chi connectivity index (χ2v) is 7.25. The molecule has 0 bridgehead atoms. The number of carbonyl (C=O) groups excluding carboxylic acids is 2. The number of likely N-dealkylation sites (N-methyl/N-ethyl adjacent to an activating group) is 1. The van der Waals surface area contributed by atoms with Crippen molar-refractivity contribution in [2.75, 3.05) is 44.7 Å². The first-order chi connectivity index (χ1) is 13.0. The molecule has 1 saturated heterocycles. The third-order valence-corrected chi connectivity index (χ3v) is 5.20. The lowest BCUT2D eigenvalue weighted by Gasteiger charge is -2.34. The van der Waals surface area contributed by atoms with Crippen LogP contribution in [0.3, 0.4) is 0 Å². The molecular formula is C22H28N3O2+. The van der Waals surface area contributed by atoms with E-state index in [1.165, 1.54) is 4.90 Å². The van der Waals surface area contributed by atoms with Crippen LogP contribution in [0.5, 0.6) is 0 Å². The largest absolute Gasteiger partial charge is 0.360 e. The Morgan fingerprint density at radius 1 is 1.00 bits per heavy atom. The lowest BCUT2D eigenvalue weighted by Crippen LogP contribution is -3.15. The summed E-state index contributed by atoms with van der Waals surface area (Å²) in [6, 6.07) is 17.9. The molecule has 2 aromatic rings. The number of benzene rings is 2. The summed E-state index contributed by atoms with van der Waals surface area (Å²) >= 11 is 0. The molecule has 1 heterocycles. The highest BCUT2D eigenvalue weighted by atomic mass is 16.2. The van der Waals surface area contributed by atoms with Gasteiger partial charge in [0.1, 0.15) is 0 Å². The summed E-state index contributed by atoms with van der Waals surface area (Å²) in [5, 5.41) is 0. The smallest absolute Gasteiger partial charge is 0.277 e. The van der Waals surface area contributed by atoms with Gasteiger partial charge in [0, 0.05) is 24.8 Å². The summed E-state index contributed by atoms with van der Waals surface area (Å²) in [5.74, 6) is 0.280. The van der Waals surface area contributed by atoms with Crippen LogP contribution in [-0.2, 0) is 11.3 Å². The number of anilines is 1. The first-order valence-electron chi connectivity index (χ1n) is 9.50. The molecule has 27 heavy (non-hydrogen) atoms. The molecule has 1 N–H and O–H groups in total. The number of carbonyl (C=O) groups is 2. The van der Waals surface area contributed by atoms with E-state index in [2.05, 4.69) is 4.90 Å². The van der Waals surface area contributed by atoms with E-state index >= 15 is 0 Å². The molecule has 0 atom stereocenters. The number of hydrogen-bond donors (Lipinski definition) is 1. The third kappa shape index (κ3) is 5.17. The van der Waals surface area contributed by atoms with Crippen LogP contribution < -0.4 is 9.80 Å². The molecule has 5 nitrogen and oxygen atoms in total. The zero-order valence-electron chi connectivity index (χ0n) is 16.1. The Bertz CT molecular complexity index is 766. The summed E-state index contributed by atoms with van der Waals surface area (Å²) in [7, 11) is 1.88. The van der Waals surface area contributed by atoms with Gasteiger partial charge in [-0.3, -0.25) is 9.59 Å². The third-order valence-electron chi connectivity index (χ3n) is 5.20. The zero-order chi connectivity index (χ0) is 19.2. The van der Waals surface area contributed by atoms with Crippen molar-refractivity contribution in [3.8, 4) is 0 Å². The molecule has 0 spiro atoms. The highest BCUT2D eigenvalue weighted by Gasteiger charge is 2.23. The predicted molar refractivity (Wildman–Crippen MR) is 107 cm³/mol. The Labute approximate surface area is 161 Å². The van der Waals surface area contributed by atoms with Gasteiger partial charge in [-0.1, -0.05) is 30.3 Å². The Hall–Kier alpha value is -2.66. The van der Waals surface area contributed by atoms with Crippen LogP contribution in [0.1, 0.15) is 22.8 Å². The lowest BCUT2D eigenvalue weighted by atomic mass is 10.1. The van der Waals surface area contributed by atoms with Gasteiger partial charge in [-0.05, 0) is 36.8 Å². The van der Waals surface area contributed by atoms with Crippen molar-refractivity contribution >= 4 is 17.4 Å². The number of amides is 1. The molecular weight excluding hydrogens is 338 g/mol. The van der Waals surface area contributed by atoms with Crippen molar-refractivity contribution < 1.29 is 14.5 Å². The molecule has 1 amide bonds. The molecule has 1 fully saturated rings. The zero-order valence-corrected chi connectivity index (χ0v) is 16.1. The maximum atomic E-state index is 12.5. The lowest BCUT2D eigenvalue weighted by molar-refractivity contribution is -0.892. The van der Waals surface area contributed by atoms with Crippen LogP contribution in [0.4, 0.5) is 5.69 Å². The number of Topliss-reactive ketones (excluding diaryl/α,β-unsaturated/α-hetero) is 1. The van der Waals surface area contributed by atoms with Gasteiger partial charge in [0.25, 0.3) is 5.91 Å². The minimum atomic E-state index is 0.0916. The summed E-state index contributed by atoms with van der Waals surface area (Å²) in [4.78, 5) is 29.4. The number of ketones is 1. The molecule has 0 saturated carbocycles. The van der Waals surface area contributed by atoms with Crippen LogP contribution in [0, 0.1) is 0 Å². The van der Waals surface area contributed by atoms with E-state index in [9.17, 15) is 9.59 Å². The van der Waals surface area contributed by atoms with Crippen LogP contribution in [-0.4, -0.2) is 56.4 Å². The van der Waals surface area contributed by atoms with Crippen LogP contribution in [0.25, 0.3) is 0 Å². The van der Waals surface area contributed by atoms with Gasteiger partial charge in [-0.2, -0.15) is 0 Å². The van der Waals surface area contributed by atoms with E-state index in [1.54, 1.807) is 6.92 Å². The standard InChI is InChI=1S/C22H27N3O2/c1-18(26)20-8-10-21(11-9-20)25-14-12-24(13-15-25)17-22(27)23(2)16-19-6-4-3-5-7-19/h3-11H,12-17H2,1-2H3/p+1. The molecule has 5 heteroatoms. The minimum absolute atomic E-state index is 0.0916. The fourth-order valence-corrected chi connectivity index (χ4v) is 3.46. The first-order valence-corrected chi connectivity index (χ1v) is 9.50. The van der Waals surface area contributed by atoms with Gasteiger partial charge in [0.2, 0.25) is 0 Å². The van der Waals surface area contributed by atoms with Gasteiger partial charge in [-0.15, -0.1) is 0 Å². The molecule has 0 radical (unpaired) electrons. The fraction of sp³-hybridized carbons (Fsp3) is 0.364. The van der Waals surface area contributed by atoms with Gasteiger partial charge >= 0.3 is 0 Å². The van der Waals surface area contributed by atoms with Crippen LogP contribution in [0.15, 0.2) is 54.6 Å². The van der Waals surface area contributed by atoms with E-state index in [1.807, 2.05) is 66.5 Å².